The summed E-state index contributed by atoms with van der Waals surface area (Å²) in [5.74, 6) is -1.13. The number of aromatic carboxylic acids is 1. The number of carbonyl (C=O) groups is 1. The van der Waals surface area contributed by atoms with Gasteiger partial charge in [0.05, 0.1) is 5.97 Å². The molecule has 3 nitrogen and oxygen atoms in total. The molecule has 0 aliphatic heterocycles. The van der Waals surface area contributed by atoms with Crippen LogP contribution in [0.1, 0.15) is 28.9 Å². The number of rotatable bonds is 2. The van der Waals surface area contributed by atoms with E-state index in [9.17, 15) is 9.90 Å². The average Bonchev–Trinajstić information content (AvgIpc) is 2.55. The number of quaternary nitrogens is 1. The van der Waals surface area contributed by atoms with Gasteiger partial charge >= 0.3 is 0 Å². The lowest BCUT2D eigenvalue weighted by molar-refractivity contribution is -0.420. The van der Waals surface area contributed by atoms with E-state index in [1.165, 1.54) is 28.5 Å². The fourth-order valence-electron chi connectivity index (χ4n) is 2.09. The number of hydrogen-bond donors (Lipinski definition) is 1. The van der Waals surface area contributed by atoms with E-state index < -0.39 is 5.97 Å². The third-order valence-corrected chi connectivity index (χ3v) is 3.35. The summed E-state index contributed by atoms with van der Waals surface area (Å²) in [7, 11) is 0. The van der Waals surface area contributed by atoms with Crippen LogP contribution in [-0.4, -0.2) is 5.97 Å². The number of hydrogen-bond acceptors (Lipinski definition) is 2. The molecule has 3 heteroatoms. The van der Waals surface area contributed by atoms with E-state index in [1.807, 2.05) is 0 Å². The standard InChI is InChI=1S/C12H13N.C7H6O2/c1-9(13)11-7-6-10-4-2-3-5-12(10)8-11;8-7(9)6-4-2-1-3-5-6/h2-9H,13H2,1H3;1-5H,(H,8,9)/t9-;/m1./s1. The molecule has 0 unspecified atom stereocenters. The summed E-state index contributed by atoms with van der Waals surface area (Å²) in [4.78, 5) is 10.1. The van der Waals surface area contributed by atoms with Crippen LogP contribution >= 0.6 is 0 Å². The Kier molecular flexibility index (Phi) is 5.28. The van der Waals surface area contributed by atoms with Crippen LogP contribution in [0.15, 0.2) is 72.8 Å². The Morgan fingerprint density at radius 1 is 0.909 bits per heavy atom. The number of benzene rings is 3. The fraction of sp³-hybridized carbons (Fsp3) is 0.105. The third-order valence-electron chi connectivity index (χ3n) is 3.35. The molecular weight excluding hydrogens is 274 g/mol. The molecule has 22 heavy (non-hydrogen) atoms. The minimum atomic E-state index is -1.13. The van der Waals surface area contributed by atoms with E-state index in [1.54, 1.807) is 18.2 Å². The van der Waals surface area contributed by atoms with E-state index in [2.05, 4.69) is 55.1 Å². The highest BCUT2D eigenvalue weighted by molar-refractivity contribution is 5.85. The van der Waals surface area contributed by atoms with Gasteiger partial charge < -0.3 is 15.6 Å². The van der Waals surface area contributed by atoms with Crippen LogP contribution in [0.2, 0.25) is 0 Å². The van der Waals surface area contributed by atoms with Crippen molar-refractivity contribution in [1.82, 2.24) is 0 Å². The van der Waals surface area contributed by atoms with E-state index in [0.717, 1.165) is 0 Å². The lowest BCUT2D eigenvalue weighted by Gasteiger charge is -2.03. The quantitative estimate of drug-likeness (QED) is 0.787. The lowest BCUT2D eigenvalue weighted by Crippen LogP contribution is -2.51. The van der Waals surface area contributed by atoms with Crippen LogP contribution in [0.3, 0.4) is 0 Å². The molecule has 0 saturated heterocycles. The number of fused-ring (bicyclic) bond motifs is 1. The molecule has 0 heterocycles. The SMILES string of the molecule is C[C@@H]([NH3+])c1ccc2ccccc2c1.O=C([O-])c1ccccc1. The third kappa shape index (κ3) is 4.17. The first-order valence-corrected chi connectivity index (χ1v) is 7.16. The zero-order chi connectivity index (χ0) is 15.9. The van der Waals surface area contributed by atoms with E-state index >= 15 is 0 Å². The normalized spacial score (nSPS) is 11.4. The first-order chi connectivity index (χ1) is 10.6. The van der Waals surface area contributed by atoms with E-state index in [-0.39, 0.29) is 5.56 Å². The second-order valence-corrected chi connectivity index (χ2v) is 5.16. The Hall–Kier alpha value is -2.65. The van der Waals surface area contributed by atoms with Crippen molar-refractivity contribution in [3.05, 3.63) is 83.9 Å². The molecule has 3 aromatic carbocycles. The average molecular weight is 293 g/mol. The fourth-order valence-corrected chi connectivity index (χ4v) is 2.09. The van der Waals surface area contributed by atoms with Crippen molar-refractivity contribution in [2.75, 3.05) is 0 Å². The van der Waals surface area contributed by atoms with Gasteiger partial charge in [0.2, 0.25) is 0 Å². The monoisotopic (exact) mass is 293 g/mol. The molecular formula is C19H19NO2. The van der Waals surface area contributed by atoms with Crippen LogP contribution in [0, 0.1) is 0 Å². The predicted molar refractivity (Wildman–Crippen MR) is 86.0 cm³/mol. The van der Waals surface area contributed by atoms with Gasteiger partial charge in [-0.15, -0.1) is 0 Å². The Morgan fingerprint density at radius 3 is 2.05 bits per heavy atom. The molecule has 1 atom stereocenters. The van der Waals surface area contributed by atoms with E-state index in [0.29, 0.717) is 6.04 Å². The van der Waals surface area contributed by atoms with Crippen molar-refractivity contribution >= 4 is 16.7 Å². The van der Waals surface area contributed by atoms with E-state index in [4.69, 9.17) is 0 Å². The first kappa shape index (κ1) is 15.7. The Labute approximate surface area is 130 Å². The number of carboxylic acid groups (broad SMARTS) is 1. The maximum absolute atomic E-state index is 10.1. The molecule has 0 aliphatic rings. The van der Waals surface area contributed by atoms with Gasteiger partial charge in [0, 0.05) is 5.56 Å². The van der Waals surface area contributed by atoms with Crippen LogP contribution in [0.25, 0.3) is 10.8 Å². The largest absolute Gasteiger partial charge is 0.545 e. The second-order valence-electron chi connectivity index (χ2n) is 5.16. The summed E-state index contributed by atoms with van der Waals surface area (Å²) in [6, 6.07) is 23.4. The molecule has 0 radical (unpaired) electrons. The van der Waals surface area contributed by atoms with Gasteiger partial charge in [0.25, 0.3) is 0 Å². The van der Waals surface area contributed by atoms with Crippen LogP contribution in [0.4, 0.5) is 0 Å². The maximum Gasteiger partial charge on any atom is 0.107 e. The van der Waals surface area contributed by atoms with Crippen molar-refractivity contribution in [1.29, 1.82) is 0 Å². The molecule has 0 fully saturated rings. The zero-order valence-corrected chi connectivity index (χ0v) is 12.5. The van der Waals surface area contributed by atoms with Crippen molar-refractivity contribution in [2.45, 2.75) is 13.0 Å². The van der Waals surface area contributed by atoms with Gasteiger partial charge in [-0.05, 0) is 29.3 Å². The minimum Gasteiger partial charge on any atom is -0.545 e. The van der Waals surface area contributed by atoms with Crippen LogP contribution in [0.5, 0.6) is 0 Å². The summed E-state index contributed by atoms with van der Waals surface area (Å²) < 4.78 is 0. The van der Waals surface area contributed by atoms with Gasteiger partial charge in [0.15, 0.2) is 0 Å². The predicted octanol–water partition coefficient (Wildman–Crippen LogP) is 2.19. The molecule has 0 spiro atoms. The van der Waals surface area contributed by atoms with Gasteiger partial charge in [-0.3, -0.25) is 0 Å². The molecule has 3 aromatic rings. The zero-order valence-electron chi connectivity index (χ0n) is 12.5. The Balaban J connectivity index is 0.000000172. The van der Waals surface area contributed by atoms with Gasteiger partial charge in [-0.1, -0.05) is 66.7 Å². The molecule has 0 aliphatic carbocycles. The van der Waals surface area contributed by atoms with Crippen molar-refractivity contribution in [3.8, 4) is 0 Å². The van der Waals surface area contributed by atoms with Gasteiger partial charge in [-0.25, -0.2) is 0 Å². The Morgan fingerprint density at radius 2 is 1.50 bits per heavy atom. The minimum absolute atomic E-state index is 0.220. The topological polar surface area (TPSA) is 67.8 Å². The maximum atomic E-state index is 10.1. The highest BCUT2D eigenvalue weighted by Gasteiger charge is 2.02. The summed E-state index contributed by atoms with van der Waals surface area (Å²) in [5, 5.41) is 12.7. The number of carboxylic acids is 1. The summed E-state index contributed by atoms with van der Waals surface area (Å²) >= 11 is 0. The highest BCUT2D eigenvalue weighted by Crippen LogP contribution is 2.17. The molecule has 3 N–H and O–H groups in total. The lowest BCUT2D eigenvalue weighted by atomic mass is 10.0. The van der Waals surface area contributed by atoms with Crippen molar-refractivity contribution in [2.24, 2.45) is 0 Å². The molecule has 112 valence electrons. The summed E-state index contributed by atoms with van der Waals surface area (Å²) in [6.07, 6.45) is 0. The molecule has 0 amide bonds. The summed E-state index contributed by atoms with van der Waals surface area (Å²) in [6.45, 7) is 2.12. The molecule has 0 bridgehead atoms. The van der Waals surface area contributed by atoms with Crippen molar-refractivity contribution in [3.63, 3.8) is 0 Å². The second kappa shape index (κ2) is 7.38. The van der Waals surface area contributed by atoms with Crippen LogP contribution in [-0.2, 0) is 0 Å². The Bertz CT molecular complexity index is 751. The van der Waals surface area contributed by atoms with Crippen LogP contribution < -0.4 is 10.8 Å². The highest BCUT2D eigenvalue weighted by atomic mass is 16.4. The molecule has 3 rings (SSSR count). The first-order valence-electron chi connectivity index (χ1n) is 7.16. The van der Waals surface area contributed by atoms with Crippen molar-refractivity contribution < 1.29 is 15.6 Å². The summed E-state index contributed by atoms with van der Waals surface area (Å²) in [5.41, 5.74) is 5.54. The van der Waals surface area contributed by atoms with Gasteiger partial charge in [-0.2, -0.15) is 0 Å². The number of carbonyl (C=O) groups excluding carboxylic acids is 1. The smallest absolute Gasteiger partial charge is 0.107 e. The van der Waals surface area contributed by atoms with Gasteiger partial charge in [0.1, 0.15) is 6.04 Å². The molecule has 0 saturated carbocycles. The molecule has 0 aromatic heterocycles.